The molecule has 0 aliphatic rings. The van der Waals surface area contributed by atoms with Gasteiger partial charge in [-0.2, -0.15) is 0 Å². The monoisotopic (exact) mass is 277 g/mol. The number of pyridine rings is 1. The molecule has 0 saturated carbocycles. The fourth-order valence-electron chi connectivity index (χ4n) is 1.37. The molecule has 0 aliphatic heterocycles. The zero-order chi connectivity index (χ0) is 11.2. The van der Waals surface area contributed by atoms with Gasteiger partial charge in [0.25, 0.3) is 0 Å². The molecular formula is C13H12BrNO. The summed E-state index contributed by atoms with van der Waals surface area (Å²) in [7, 11) is 0. The molecule has 2 aromatic rings. The second-order valence-corrected chi connectivity index (χ2v) is 4.20. The Bertz CT molecular complexity index is 445. The maximum atomic E-state index is 5.65. The average Bonchev–Trinajstić information content (AvgIpc) is 2.33. The lowest BCUT2D eigenvalue weighted by Crippen LogP contribution is -2.02. The fraction of sp³-hybridized carbons (Fsp3) is 0.154. The van der Waals surface area contributed by atoms with Gasteiger partial charge in [-0.1, -0.05) is 18.2 Å². The van der Waals surface area contributed by atoms with Gasteiger partial charge in [0, 0.05) is 18.3 Å². The van der Waals surface area contributed by atoms with Gasteiger partial charge in [-0.3, -0.25) is 4.98 Å². The summed E-state index contributed by atoms with van der Waals surface area (Å²) >= 11 is 3.44. The van der Waals surface area contributed by atoms with Crippen molar-refractivity contribution in [2.75, 3.05) is 6.61 Å². The molecule has 0 atom stereocenters. The molecule has 0 aliphatic carbocycles. The molecule has 0 amide bonds. The van der Waals surface area contributed by atoms with Crippen molar-refractivity contribution in [2.45, 2.75) is 6.42 Å². The summed E-state index contributed by atoms with van der Waals surface area (Å²) in [5.41, 5.74) is 1.05. The number of halogens is 1. The molecular weight excluding hydrogens is 266 g/mol. The number of hydrogen-bond acceptors (Lipinski definition) is 2. The van der Waals surface area contributed by atoms with Gasteiger partial charge in [0.05, 0.1) is 11.1 Å². The molecule has 0 spiro atoms. The van der Waals surface area contributed by atoms with E-state index in [9.17, 15) is 0 Å². The molecule has 0 fully saturated rings. The molecule has 2 nitrogen and oxygen atoms in total. The van der Waals surface area contributed by atoms with E-state index in [0.29, 0.717) is 6.61 Å². The van der Waals surface area contributed by atoms with Gasteiger partial charge in [-0.15, -0.1) is 0 Å². The van der Waals surface area contributed by atoms with Crippen LogP contribution < -0.4 is 4.74 Å². The lowest BCUT2D eigenvalue weighted by molar-refractivity contribution is 0.318. The lowest BCUT2D eigenvalue weighted by Gasteiger charge is -2.07. The minimum absolute atomic E-state index is 0.639. The summed E-state index contributed by atoms with van der Waals surface area (Å²) in [6.07, 6.45) is 2.62. The van der Waals surface area contributed by atoms with E-state index in [2.05, 4.69) is 20.9 Å². The third-order valence-corrected chi connectivity index (χ3v) is 2.83. The Labute approximate surface area is 103 Å². The Balaban J connectivity index is 1.87. The van der Waals surface area contributed by atoms with Gasteiger partial charge >= 0.3 is 0 Å². The van der Waals surface area contributed by atoms with Crippen LogP contribution in [0.5, 0.6) is 5.75 Å². The minimum Gasteiger partial charge on any atom is -0.492 e. The minimum atomic E-state index is 0.639. The van der Waals surface area contributed by atoms with E-state index in [0.717, 1.165) is 22.3 Å². The smallest absolute Gasteiger partial charge is 0.133 e. The molecule has 1 heterocycles. The molecule has 1 aromatic heterocycles. The highest BCUT2D eigenvalue weighted by atomic mass is 79.9. The molecule has 2 rings (SSSR count). The zero-order valence-electron chi connectivity index (χ0n) is 8.77. The van der Waals surface area contributed by atoms with E-state index in [-0.39, 0.29) is 0 Å². The van der Waals surface area contributed by atoms with E-state index in [1.54, 1.807) is 6.20 Å². The second-order valence-electron chi connectivity index (χ2n) is 3.35. The Morgan fingerprint density at radius 1 is 1.06 bits per heavy atom. The van der Waals surface area contributed by atoms with Crippen LogP contribution in [0.1, 0.15) is 5.69 Å². The van der Waals surface area contributed by atoms with Crippen LogP contribution in [0.2, 0.25) is 0 Å². The van der Waals surface area contributed by atoms with Crippen molar-refractivity contribution in [3.05, 3.63) is 58.8 Å². The largest absolute Gasteiger partial charge is 0.492 e. The molecule has 82 valence electrons. The summed E-state index contributed by atoms with van der Waals surface area (Å²) in [6, 6.07) is 13.7. The SMILES string of the molecule is Brc1ccccc1OCCc1ccccn1. The van der Waals surface area contributed by atoms with E-state index < -0.39 is 0 Å². The van der Waals surface area contributed by atoms with E-state index in [1.807, 2.05) is 42.5 Å². The predicted molar refractivity (Wildman–Crippen MR) is 67.6 cm³/mol. The van der Waals surface area contributed by atoms with Gasteiger partial charge in [-0.25, -0.2) is 0 Å². The zero-order valence-corrected chi connectivity index (χ0v) is 10.4. The molecule has 0 saturated heterocycles. The first-order chi connectivity index (χ1) is 7.86. The number of hydrogen-bond donors (Lipinski definition) is 0. The van der Waals surface area contributed by atoms with E-state index in [4.69, 9.17) is 4.74 Å². The third-order valence-electron chi connectivity index (χ3n) is 2.18. The van der Waals surface area contributed by atoms with Crippen LogP contribution in [0.25, 0.3) is 0 Å². The van der Waals surface area contributed by atoms with Crippen LogP contribution in [0.3, 0.4) is 0 Å². The van der Waals surface area contributed by atoms with Crippen molar-refractivity contribution >= 4 is 15.9 Å². The Kier molecular flexibility index (Phi) is 3.94. The predicted octanol–water partition coefficient (Wildman–Crippen LogP) is 3.47. The Morgan fingerprint density at radius 2 is 1.88 bits per heavy atom. The summed E-state index contributed by atoms with van der Waals surface area (Å²) in [6.45, 7) is 0.639. The van der Waals surface area contributed by atoms with Crippen molar-refractivity contribution in [3.63, 3.8) is 0 Å². The summed E-state index contributed by atoms with van der Waals surface area (Å²) in [5.74, 6) is 0.874. The number of benzene rings is 1. The van der Waals surface area contributed by atoms with Crippen LogP contribution in [0.15, 0.2) is 53.1 Å². The van der Waals surface area contributed by atoms with Crippen LogP contribution in [0, 0.1) is 0 Å². The van der Waals surface area contributed by atoms with Gasteiger partial charge in [0.15, 0.2) is 0 Å². The van der Waals surface area contributed by atoms with Gasteiger partial charge < -0.3 is 4.74 Å². The molecule has 16 heavy (non-hydrogen) atoms. The quantitative estimate of drug-likeness (QED) is 0.854. The van der Waals surface area contributed by atoms with Crippen LogP contribution in [0.4, 0.5) is 0 Å². The highest BCUT2D eigenvalue weighted by molar-refractivity contribution is 9.10. The van der Waals surface area contributed by atoms with E-state index >= 15 is 0 Å². The first kappa shape index (κ1) is 11.1. The standard InChI is InChI=1S/C13H12BrNO/c14-12-6-1-2-7-13(12)16-10-8-11-5-3-4-9-15-11/h1-7,9H,8,10H2. The summed E-state index contributed by atoms with van der Waals surface area (Å²) in [4.78, 5) is 4.24. The molecule has 3 heteroatoms. The van der Waals surface area contributed by atoms with Crippen molar-refractivity contribution in [1.29, 1.82) is 0 Å². The Hall–Kier alpha value is -1.35. The third kappa shape index (κ3) is 3.07. The van der Waals surface area contributed by atoms with E-state index in [1.165, 1.54) is 0 Å². The maximum Gasteiger partial charge on any atom is 0.133 e. The molecule has 0 unspecified atom stereocenters. The Morgan fingerprint density at radius 3 is 2.62 bits per heavy atom. The van der Waals surface area contributed by atoms with Crippen molar-refractivity contribution in [2.24, 2.45) is 0 Å². The number of nitrogens with zero attached hydrogens (tertiary/aromatic N) is 1. The fourth-order valence-corrected chi connectivity index (χ4v) is 1.77. The van der Waals surface area contributed by atoms with Gasteiger partial charge in [0.2, 0.25) is 0 Å². The molecule has 0 bridgehead atoms. The molecule has 1 aromatic carbocycles. The first-order valence-electron chi connectivity index (χ1n) is 5.13. The van der Waals surface area contributed by atoms with Crippen LogP contribution >= 0.6 is 15.9 Å². The normalized spacial score (nSPS) is 10.1. The van der Waals surface area contributed by atoms with Crippen molar-refractivity contribution in [1.82, 2.24) is 4.98 Å². The second kappa shape index (κ2) is 5.66. The van der Waals surface area contributed by atoms with Gasteiger partial charge in [-0.05, 0) is 40.2 Å². The van der Waals surface area contributed by atoms with Gasteiger partial charge in [0.1, 0.15) is 5.75 Å². The van der Waals surface area contributed by atoms with Crippen LogP contribution in [-0.4, -0.2) is 11.6 Å². The number of rotatable bonds is 4. The molecule has 0 radical (unpaired) electrons. The number of ether oxygens (including phenoxy) is 1. The molecule has 0 N–H and O–H groups in total. The average molecular weight is 278 g/mol. The maximum absolute atomic E-state index is 5.65. The highest BCUT2D eigenvalue weighted by Gasteiger charge is 1.99. The summed E-state index contributed by atoms with van der Waals surface area (Å²) < 4.78 is 6.64. The number of para-hydroxylation sites is 1. The lowest BCUT2D eigenvalue weighted by atomic mass is 10.3. The first-order valence-corrected chi connectivity index (χ1v) is 5.93. The number of aromatic nitrogens is 1. The summed E-state index contributed by atoms with van der Waals surface area (Å²) in [5, 5.41) is 0. The van der Waals surface area contributed by atoms with Crippen LogP contribution in [-0.2, 0) is 6.42 Å². The topological polar surface area (TPSA) is 22.1 Å². The highest BCUT2D eigenvalue weighted by Crippen LogP contribution is 2.23. The van der Waals surface area contributed by atoms with Crippen molar-refractivity contribution < 1.29 is 4.74 Å². The van der Waals surface area contributed by atoms with Crippen molar-refractivity contribution in [3.8, 4) is 5.75 Å².